The van der Waals surface area contributed by atoms with Crippen LogP contribution in [0.5, 0.6) is 0 Å². The van der Waals surface area contributed by atoms with Crippen LogP contribution in [0.25, 0.3) is 22.0 Å². The number of carbonyl (C=O) groups is 6. The van der Waals surface area contributed by atoms with Gasteiger partial charge < -0.3 is 33.3 Å². The van der Waals surface area contributed by atoms with Crippen molar-refractivity contribution in [3.05, 3.63) is 237 Å². The third kappa shape index (κ3) is 11.8. The van der Waals surface area contributed by atoms with E-state index in [0.29, 0.717) is 38.9 Å². The van der Waals surface area contributed by atoms with Crippen LogP contribution in [0.4, 0.5) is 5.69 Å². The number of anilines is 1. The second-order valence-electron chi connectivity index (χ2n) is 16.9. The van der Waals surface area contributed by atoms with Crippen LogP contribution in [-0.4, -0.2) is 61.5 Å². The monoisotopic (exact) mass is 990 g/mol. The van der Waals surface area contributed by atoms with Crippen molar-refractivity contribution in [2.45, 2.75) is 40.0 Å². The van der Waals surface area contributed by atoms with Crippen LogP contribution >= 0.6 is 0 Å². The topological polar surface area (TPSA) is 174 Å². The summed E-state index contributed by atoms with van der Waals surface area (Å²) in [5.41, 5.74) is -0.857. The molecule has 74 heavy (non-hydrogen) atoms. The third-order valence-electron chi connectivity index (χ3n) is 11.7. The van der Waals surface area contributed by atoms with Gasteiger partial charge in [0, 0.05) is 36.8 Å². The van der Waals surface area contributed by atoms with Gasteiger partial charge in [0.25, 0.3) is 0 Å². The summed E-state index contributed by atoms with van der Waals surface area (Å²) in [6.45, 7) is -0.0488. The van der Waals surface area contributed by atoms with Crippen molar-refractivity contribution in [3.63, 3.8) is 0 Å². The molecule has 7 aromatic carbocycles. The number of hydrogen-bond acceptors (Lipinski definition) is 14. The Morgan fingerprint density at radius 2 is 0.716 bits per heavy atom. The van der Waals surface area contributed by atoms with E-state index in [4.69, 9.17) is 33.4 Å². The van der Waals surface area contributed by atoms with Gasteiger partial charge in [0.15, 0.2) is 0 Å². The van der Waals surface area contributed by atoms with E-state index in [1.54, 1.807) is 190 Å². The van der Waals surface area contributed by atoms with Crippen molar-refractivity contribution < 1.29 is 57.2 Å². The number of hydrogen-bond donors (Lipinski definition) is 0. The zero-order valence-corrected chi connectivity index (χ0v) is 40.8. The highest BCUT2D eigenvalue weighted by Gasteiger charge is 2.42. The van der Waals surface area contributed by atoms with E-state index in [1.807, 2.05) is 0 Å². The molecule has 0 spiro atoms. The summed E-state index contributed by atoms with van der Waals surface area (Å²) >= 11 is 0. The predicted molar refractivity (Wildman–Crippen MR) is 275 cm³/mol. The maximum absolute atomic E-state index is 15.5. The maximum atomic E-state index is 15.5. The van der Waals surface area contributed by atoms with Gasteiger partial charge in [-0.15, -0.1) is 0 Å². The Bertz CT molecular complexity index is 3180. The number of nitrogens with zero attached hydrogens (tertiary/aromatic N) is 2. The van der Waals surface area contributed by atoms with Gasteiger partial charge in [0.2, 0.25) is 0 Å². The van der Waals surface area contributed by atoms with Crippen molar-refractivity contribution in [3.8, 4) is 11.1 Å². The fourth-order valence-electron chi connectivity index (χ4n) is 8.27. The molecule has 0 saturated heterocycles. The van der Waals surface area contributed by atoms with Gasteiger partial charge in [-0.3, -0.25) is 4.98 Å². The molecule has 8 rings (SSSR count). The molecule has 0 radical (unpaired) electrons. The Labute approximate surface area is 427 Å². The molecule has 8 aromatic rings. The molecule has 14 heteroatoms. The number of aromatic nitrogens is 1. The van der Waals surface area contributed by atoms with Gasteiger partial charge in [0.05, 0.1) is 45.6 Å². The molecular weight excluding hydrogens is 941 g/mol. The molecule has 0 N–H and O–H groups in total. The van der Waals surface area contributed by atoms with E-state index in [0.717, 1.165) is 0 Å². The number of benzene rings is 7. The first-order valence-electron chi connectivity index (χ1n) is 23.6. The number of ether oxygens (including phenoxy) is 6. The Hall–Kier alpha value is -9.43. The zero-order valence-electron chi connectivity index (χ0n) is 40.8. The van der Waals surface area contributed by atoms with E-state index in [1.165, 1.54) is 12.3 Å². The summed E-state index contributed by atoms with van der Waals surface area (Å²) in [6.07, 6.45) is 1.29. The highest BCUT2D eigenvalue weighted by atomic mass is 16.6. The molecule has 0 aliphatic rings. The first-order valence-corrected chi connectivity index (χ1v) is 23.6. The van der Waals surface area contributed by atoms with Crippen LogP contribution in [0.3, 0.4) is 0 Å². The van der Waals surface area contributed by atoms with Crippen LogP contribution in [-0.2, 0) is 61.5 Å². The Balaban J connectivity index is 1.50. The first kappa shape index (κ1) is 50.9. The fourth-order valence-corrected chi connectivity index (χ4v) is 8.27. The van der Waals surface area contributed by atoms with Gasteiger partial charge in [0.1, 0.15) is 38.6 Å². The average Bonchev–Trinajstić information content (AvgIpc) is 3.44. The van der Waals surface area contributed by atoms with Crippen LogP contribution < -0.4 is 4.90 Å². The van der Waals surface area contributed by atoms with Crippen LogP contribution in [0.2, 0.25) is 0 Å². The molecule has 1 heterocycles. The summed E-state index contributed by atoms with van der Waals surface area (Å²) in [7, 11) is 3.42. The number of fused-ring (bicyclic) bond motifs is 1. The predicted octanol–water partition coefficient (Wildman–Crippen LogP) is 10.9. The van der Waals surface area contributed by atoms with Gasteiger partial charge in [-0.1, -0.05) is 170 Å². The number of para-hydroxylation sites is 1. The summed E-state index contributed by atoms with van der Waals surface area (Å²) in [5, 5.41) is 0.331. The third-order valence-corrected chi connectivity index (χ3v) is 11.7. The van der Waals surface area contributed by atoms with Crippen molar-refractivity contribution in [1.29, 1.82) is 0 Å². The van der Waals surface area contributed by atoms with E-state index >= 15 is 24.0 Å². The average molecular weight is 991 g/mol. The van der Waals surface area contributed by atoms with E-state index in [-0.39, 0.29) is 56.3 Å². The van der Waals surface area contributed by atoms with Gasteiger partial charge >= 0.3 is 35.8 Å². The molecule has 0 aliphatic heterocycles. The van der Waals surface area contributed by atoms with E-state index < -0.39 is 69.2 Å². The molecule has 0 aliphatic carbocycles. The lowest BCUT2D eigenvalue weighted by molar-refractivity contribution is 0.0379. The van der Waals surface area contributed by atoms with Crippen molar-refractivity contribution in [2.24, 2.45) is 0 Å². The van der Waals surface area contributed by atoms with Crippen molar-refractivity contribution in [2.75, 3.05) is 25.6 Å². The second kappa shape index (κ2) is 24.1. The number of carbonyl (C=O) groups excluding carboxylic acids is 6. The minimum Gasteiger partial charge on any atom is -0.462 e. The van der Waals surface area contributed by atoms with Crippen molar-refractivity contribution in [1.82, 2.24) is 4.98 Å². The molecule has 0 atom stereocenters. The van der Waals surface area contributed by atoms with Crippen LogP contribution in [0, 0.1) is 0 Å². The first-order chi connectivity index (χ1) is 36.0. The largest absolute Gasteiger partial charge is 0.462 e. The SMILES string of the molecule is CCOC(=O)c1cnc2c(-c3c(C(=O)OCc4ccccc4)c(C(=O)OCc4ccccc4)c(C(=O)OCc4ccccc4)c(C(=O)OCc4ccccc4)c3C(=O)OCc3ccccc3)cccc2c1N(C)C. The Kier molecular flexibility index (Phi) is 16.6. The quantitative estimate of drug-likeness (QED) is 0.0553. The molecule has 0 saturated carbocycles. The molecule has 0 amide bonds. The summed E-state index contributed by atoms with van der Waals surface area (Å²) in [5.74, 6) is -6.90. The standard InChI is InChI=1S/C60H50N2O12/c1-4-69-55(63)46-33-61-53-44(31-20-32-45(53)54(46)62(2)3)47-48(56(64)70-34-39-21-10-5-11-22-39)50(58(66)72-36-41-25-14-7-15-26-41)52(60(68)74-38-43-29-18-9-19-30-43)51(59(67)73-37-42-27-16-8-17-28-42)49(47)57(65)71-35-40-23-12-6-13-24-40/h5-33H,4,34-38H2,1-3H3. The maximum Gasteiger partial charge on any atom is 0.341 e. The number of pyridine rings is 1. The van der Waals surface area contributed by atoms with E-state index in [9.17, 15) is 4.79 Å². The van der Waals surface area contributed by atoms with Crippen LogP contribution in [0.15, 0.2) is 176 Å². The van der Waals surface area contributed by atoms with Gasteiger partial charge in [-0.25, -0.2) is 28.8 Å². The smallest absolute Gasteiger partial charge is 0.341 e. The zero-order chi connectivity index (χ0) is 52.0. The Morgan fingerprint density at radius 1 is 0.392 bits per heavy atom. The molecule has 0 bridgehead atoms. The van der Waals surface area contributed by atoms with Gasteiger partial charge in [-0.05, 0) is 34.7 Å². The highest BCUT2D eigenvalue weighted by molar-refractivity contribution is 6.24. The summed E-state index contributed by atoms with van der Waals surface area (Å²) in [4.78, 5) is 96.9. The minimum absolute atomic E-state index is 0.0160. The highest BCUT2D eigenvalue weighted by Crippen LogP contribution is 2.43. The lowest BCUT2D eigenvalue weighted by Crippen LogP contribution is -2.28. The second-order valence-corrected chi connectivity index (χ2v) is 16.9. The molecular formula is C60H50N2O12. The molecule has 0 unspecified atom stereocenters. The lowest BCUT2D eigenvalue weighted by Gasteiger charge is -2.25. The molecule has 14 nitrogen and oxygen atoms in total. The molecule has 1 aromatic heterocycles. The summed E-state index contributed by atoms with van der Waals surface area (Å²) in [6, 6.07) is 48.1. The molecule has 372 valence electrons. The van der Waals surface area contributed by atoms with Crippen LogP contribution in [0.1, 0.15) is 96.9 Å². The van der Waals surface area contributed by atoms with Gasteiger partial charge in [-0.2, -0.15) is 0 Å². The number of esters is 6. The van der Waals surface area contributed by atoms with E-state index in [2.05, 4.69) is 0 Å². The molecule has 0 fully saturated rings. The fraction of sp³-hybridized carbons (Fsp3) is 0.150. The Morgan fingerprint density at radius 3 is 1.04 bits per heavy atom. The minimum atomic E-state index is -1.29. The summed E-state index contributed by atoms with van der Waals surface area (Å²) < 4.78 is 35.4. The lowest BCUT2D eigenvalue weighted by atomic mass is 9.82. The number of rotatable bonds is 19. The normalized spacial score (nSPS) is 10.7. The van der Waals surface area contributed by atoms with Crippen molar-refractivity contribution >= 4 is 52.4 Å².